The number of benzene rings is 3. The Morgan fingerprint density at radius 2 is 1.44 bits per heavy atom. The van der Waals surface area contributed by atoms with Gasteiger partial charge in [0.05, 0.1) is 10.6 Å². The molecule has 0 aliphatic carbocycles. The van der Waals surface area contributed by atoms with E-state index < -0.39 is 4.92 Å². The predicted molar refractivity (Wildman–Crippen MR) is 170 cm³/mol. The highest BCUT2D eigenvalue weighted by molar-refractivity contribution is 5.83. The van der Waals surface area contributed by atoms with E-state index in [4.69, 9.17) is 9.47 Å². The Balaban J connectivity index is 1.62. The first-order chi connectivity index (χ1) is 20.8. The van der Waals surface area contributed by atoms with Gasteiger partial charge in [-0.25, -0.2) is 9.97 Å². The second-order valence-electron chi connectivity index (χ2n) is 11.1. The summed E-state index contributed by atoms with van der Waals surface area (Å²) in [5.74, 6) is 1.18. The summed E-state index contributed by atoms with van der Waals surface area (Å²) in [5.41, 5.74) is 6.06. The highest BCUT2D eigenvalue weighted by Crippen LogP contribution is 2.42. The number of aromatic nitrogens is 2. The zero-order valence-corrected chi connectivity index (χ0v) is 24.4. The monoisotopic (exact) mass is 571 g/mol. The predicted octanol–water partition coefficient (Wildman–Crippen LogP) is 8.68. The number of hydrogen-bond donors (Lipinski definition) is 0. The Morgan fingerprint density at radius 1 is 0.767 bits per heavy atom. The molecule has 2 heterocycles. The van der Waals surface area contributed by atoms with Gasteiger partial charge in [0.1, 0.15) is 25.2 Å². The maximum atomic E-state index is 11.1. The van der Waals surface area contributed by atoms with Crippen LogP contribution in [-0.2, 0) is 18.6 Å². The lowest BCUT2D eigenvalue weighted by Gasteiger charge is -2.24. The van der Waals surface area contributed by atoms with Gasteiger partial charge in [-0.3, -0.25) is 10.1 Å². The molecule has 0 saturated carbocycles. The summed E-state index contributed by atoms with van der Waals surface area (Å²) >= 11 is 0. The summed E-state index contributed by atoms with van der Waals surface area (Å²) in [6.07, 6.45) is 6.76. The van der Waals surface area contributed by atoms with Crippen molar-refractivity contribution in [1.82, 2.24) is 9.97 Å². The molecule has 0 spiro atoms. The van der Waals surface area contributed by atoms with Crippen LogP contribution in [0.15, 0.2) is 109 Å². The molecule has 7 heteroatoms. The van der Waals surface area contributed by atoms with Crippen LogP contribution in [0.3, 0.4) is 0 Å². The molecule has 5 rings (SSSR count). The number of hydrogen-bond acceptors (Lipinski definition) is 6. The minimum atomic E-state index is -0.458. The van der Waals surface area contributed by atoms with E-state index in [-0.39, 0.29) is 11.1 Å². The number of pyridine rings is 2. The lowest BCUT2D eigenvalue weighted by atomic mass is 9.83. The Morgan fingerprint density at radius 3 is 2.05 bits per heavy atom. The second-order valence-corrected chi connectivity index (χ2v) is 11.1. The van der Waals surface area contributed by atoms with E-state index in [2.05, 4.69) is 42.9 Å². The van der Waals surface area contributed by atoms with Gasteiger partial charge in [-0.1, -0.05) is 81.4 Å². The van der Waals surface area contributed by atoms with Crippen LogP contribution in [0.25, 0.3) is 23.3 Å². The maximum absolute atomic E-state index is 11.1. The van der Waals surface area contributed by atoms with Gasteiger partial charge < -0.3 is 9.47 Å². The number of nitrogens with zero attached hydrogens (tertiary/aromatic N) is 3. The zero-order chi connectivity index (χ0) is 30.2. The third kappa shape index (κ3) is 7.51. The van der Waals surface area contributed by atoms with E-state index in [9.17, 15) is 10.1 Å². The van der Waals surface area contributed by atoms with Crippen molar-refractivity contribution in [3.8, 4) is 22.8 Å². The quantitative estimate of drug-likeness (QED) is 0.123. The van der Waals surface area contributed by atoms with Crippen molar-refractivity contribution in [1.29, 1.82) is 0 Å². The fourth-order valence-corrected chi connectivity index (χ4v) is 4.51. The van der Waals surface area contributed by atoms with Crippen LogP contribution in [-0.4, -0.2) is 14.9 Å². The molecule has 0 aliphatic heterocycles. The van der Waals surface area contributed by atoms with Crippen molar-refractivity contribution < 1.29 is 14.4 Å². The van der Waals surface area contributed by atoms with Crippen molar-refractivity contribution in [3.63, 3.8) is 0 Å². The molecule has 0 saturated heterocycles. The molecule has 216 valence electrons. The third-order valence-corrected chi connectivity index (χ3v) is 6.90. The first-order valence-electron chi connectivity index (χ1n) is 14.0. The van der Waals surface area contributed by atoms with Gasteiger partial charge in [0.25, 0.3) is 5.69 Å². The molecule has 0 fully saturated rings. The Labute approximate surface area is 251 Å². The number of nitro groups is 1. The fourth-order valence-electron chi connectivity index (χ4n) is 4.51. The van der Waals surface area contributed by atoms with Crippen molar-refractivity contribution in [3.05, 3.63) is 148 Å². The highest BCUT2D eigenvalue weighted by atomic mass is 16.6. The normalized spacial score (nSPS) is 11.4. The van der Waals surface area contributed by atoms with Gasteiger partial charge in [-0.2, -0.15) is 0 Å². The van der Waals surface area contributed by atoms with E-state index in [0.29, 0.717) is 30.5 Å². The minimum absolute atomic E-state index is 0.0549. The average molecular weight is 572 g/mol. The molecular formula is C36H33N3O4. The Kier molecular flexibility index (Phi) is 8.91. The Bertz CT molecular complexity index is 1710. The van der Waals surface area contributed by atoms with Crippen molar-refractivity contribution in [2.75, 3.05) is 0 Å². The smallest absolute Gasteiger partial charge is 0.287 e. The SMILES string of the molecule is CC(C)(C)c1cc(/C=C/c2ccc([N+](=O)[O-])cn2)c(OCc2ccccc2)c(-c2cccnc2OCc2ccccc2)c1. The highest BCUT2D eigenvalue weighted by Gasteiger charge is 2.22. The molecule has 2 aromatic heterocycles. The van der Waals surface area contributed by atoms with Crippen molar-refractivity contribution in [2.45, 2.75) is 39.4 Å². The van der Waals surface area contributed by atoms with Gasteiger partial charge in [0.2, 0.25) is 5.88 Å². The summed E-state index contributed by atoms with van der Waals surface area (Å²) in [7, 11) is 0. The molecule has 0 radical (unpaired) electrons. The van der Waals surface area contributed by atoms with E-state index >= 15 is 0 Å². The molecule has 0 N–H and O–H groups in total. The average Bonchev–Trinajstić information content (AvgIpc) is 3.02. The minimum Gasteiger partial charge on any atom is -0.488 e. The lowest BCUT2D eigenvalue weighted by Crippen LogP contribution is -2.12. The summed E-state index contributed by atoms with van der Waals surface area (Å²) in [4.78, 5) is 19.5. The van der Waals surface area contributed by atoms with Crippen molar-refractivity contribution in [2.24, 2.45) is 0 Å². The molecule has 0 unspecified atom stereocenters. The molecule has 7 nitrogen and oxygen atoms in total. The van der Waals surface area contributed by atoms with Gasteiger partial charge in [-0.05, 0) is 64.6 Å². The first kappa shape index (κ1) is 29.2. The van der Waals surface area contributed by atoms with Crippen LogP contribution in [0, 0.1) is 10.1 Å². The molecule has 0 aliphatic rings. The number of rotatable bonds is 10. The van der Waals surface area contributed by atoms with Crippen LogP contribution < -0.4 is 9.47 Å². The van der Waals surface area contributed by atoms with Gasteiger partial charge in [-0.15, -0.1) is 0 Å². The molecule has 0 bridgehead atoms. The second kappa shape index (κ2) is 13.1. The summed E-state index contributed by atoms with van der Waals surface area (Å²) < 4.78 is 12.9. The number of ether oxygens (including phenoxy) is 2. The van der Waals surface area contributed by atoms with Crippen LogP contribution in [0.1, 0.15) is 48.7 Å². The fraction of sp³-hybridized carbons (Fsp3) is 0.167. The topological polar surface area (TPSA) is 87.4 Å². The molecule has 43 heavy (non-hydrogen) atoms. The Hall–Kier alpha value is -5.30. The molecule has 0 atom stereocenters. The maximum Gasteiger partial charge on any atom is 0.287 e. The zero-order valence-electron chi connectivity index (χ0n) is 24.4. The van der Waals surface area contributed by atoms with E-state index in [1.165, 1.54) is 12.3 Å². The van der Waals surface area contributed by atoms with E-state index in [0.717, 1.165) is 33.4 Å². The molecule has 0 amide bonds. The van der Waals surface area contributed by atoms with Crippen LogP contribution in [0.4, 0.5) is 5.69 Å². The standard InChI is InChI=1S/C36H33N3O4/c1-36(2,3)29-21-28(16-17-30-18-19-31(23-38-30)39(40)41)34(42-24-26-11-6-4-7-12-26)33(22-29)32-15-10-20-37-35(32)43-25-27-13-8-5-9-14-27/h4-23H,24-25H2,1-3H3/b17-16+. The molecule has 5 aromatic rings. The van der Waals surface area contributed by atoms with Crippen molar-refractivity contribution >= 4 is 17.8 Å². The summed E-state index contributed by atoms with van der Waals surface area (Å²) in [6.45, 7) is 7.23. The largest absolute Gasteiger partial charge is 0.488 e. The summed E-state index contributed by atoms with van der Waals surface area (Å²) in [5, 5.41) is 11.1. The molecular weight excluding hydrogens is 538 g/mol. The van der Waals surface area contributed by atoms with E-state index in [1.807, 2.05) is 84.9 Å². The van der Waals surface area contributed by atoms with E-state index in [1.54, 1.807) is 12.3 Å². The molecule has 3 aromatic carbocycles. The van der Waals surface area contributed by atoms with Gasteiger partial charge >= 0.3 is 0 Å². The third-order valence-electron chi connectivity index (χ3n) is 6.90. The first-order valence-corrected chi connectivity index (χ1v) is 14.0. The van der Waals surface area contributed by atoms with Gasteiger partial charge in [0.15, 0.2) is 0 Å². The van der Waals surface area contributed by atoms with Crippen LogP contribution in [0.5, 0.6) is 11.6 Å². The van der Waals surface area contributed by atoms with Gasteiger partial charge in [0, 0.05) is 29.0 Å². The summed E-state index contributed by atoms with van der Waals surface area (Å²) in [6, 6.07) is 31.2. The van der Waals surface area contributed by atoms with Crippen LogP contribution in [0.2, 0.25) is 0 Å². The van der Waals surface area contributed by atoms with Crippen LogP contribution >= 0.6 is 0 Å². The lowest BCUT2D eigenvalue weighted by molar-refractivity contribution is -0.385.